The summed E-state index contributed by atoms with van der Waals surface area (Å²) in [7, 11) is 0. The Bertz CT molecular complexity index is 1660. The van der Waals surface area contributed by atoms with Gasteiger partial charge in [-0.2, -0.15) is 0 Å². The standard InChI is InChI=1S/C30H20FN3O7/c31-20-11-13-21(14-12-20)32-28(35)25-26(18-9-15-24(16-10-18)40-30(37)19-5-2-1-3-6-19)33(41-27(25)29(32)36)22-7-4-8-23(17-22)34(38)39/h1-17,25-27H/t25-,26-,27-/m1/s1. The molecule has 41 heavy (non-hydrogen) atoms. The minimum absolute atomic E-state index is 0.197. The van der Waals surface area contributed by atoms with Crippen LogP contribution in [0.5, 0.6) is 5.75 Å². The molecule has 0 aromatic heterocycles. The highest BCUT2D eigenvalue weighted by molar-refractivity contribution is 6.23. The number of esters is 1. The smallest absolute Gasteiger partial charge is 0.343 e. The quantitative estimate of drug-likeness (QED) is 0.108. The van der Waals surface area contributed by atoms with Crippen LogP contribution in [0.25, 0.3) is 0 Å². The highest BCUT2D eigenvalue weighted by Crippen LogP contribution is 2.48. The minimum Gasteiger partial charge on any atom is -0.423 e. The third kappa shape index (κ3) is 4.68. The van der Waals surface area contributed by atoms with Gasteiger partial charge in [-0.3, -0.25) is 24.5 Å². The lowest BCUT2D eigenvalue weighted by Gasteiger charge is -2.28. The fraction of sp³-hybridized carbons (Fsp3) is 0.100. The van der Waals surface area contributed by atoms with Crippen molar-refractivity contribution in [2.75, 3.05) is 9.96 Å². The fourth-order valence-corrected chi connectivity index (χ4v) is 5.04. The van der Waals surface area contributed by atoms with E-state index in [1.54, 1.807) is 60.7 Å². The maximum Gasteiger partial charge on any atom is 0.343 e. The van der Waals surface area contributed by atoms with E-state index in [1.807, 2.05) is 0 Å². The van der Waals surface area contributed by atoms with E-state index in [4.69, 9.17) is 9.57 Å². The average Bonchev–Trinajstić information content (AvgIpc) is 3.50. The van der Waals surface area contributed by atoms with Gasteiger partial charge < -0.3 is 4.74 Å². The molecule has 11 heteroatoms. The van der Waals surface area contributed by atoms with Crippen molar-refractivity contribution in [3.8, 4) is 5.75 Å². The summed E-state index contributed by atoms with van der Waals surface area (Å²) >= 11 is 0. The van der Waals surface area contributed by atoms with E-state index in [0.29, 0.717) is 11.1 Å². The zero-order valence-electron chi connectivity index (χ0n) is 21.1. The van der Waals surface area contributed by atoms with Crippen molar-refractivity contribution < 1.29 is 33.3 Å². The molecule has 2 aliphatic rings. The lowest BCUT2D eigenvalue weighted by Crippen LogP contribution is -2.37. The number of amides is 2. The zero-order valence-corrected chi connectivity index (χ0v) is 21.1. The van der Waals surface area contributed by atoms with E-state index in [9.17, 15) is 28.9 Å². The number of hydrogen-bond donors (Lipinski definition) is 0. The van der Waals surface area contributed by atoms with Crippen molar-refractivity contribution >= 4 is 34.8 Å². The first-order valence-corrected chi connectivity index (χ1v) is 12.5. The van der Waals surface area contributed by atoms with Crippen molar-refractivity contribution in [2.24, 2.45) is 5.92 Å². The number of nitrogens with zero attached hydrogens (tertiary/aromatic N) is 3. The summed E-state index contributed by atoms with van der Waals surface area (Å²) in [5.74, 6) is -3.05. The van der Waals surface area contributed by atoms with E-state index in [1.165, 1.54) is 35.4 Å². The summed E-state index contributed by atoms with van der Waals surface area (Å²) in [6.07, 6.45) is -1.23. The second-order valence-corrected chi connectivity index (χ2v) is 9.41. The average molecular weight is 554 g/mol. The summed E-state index contributed by atoms with van der Waals surface area (Å²) in [6.45, 7) is 0. The molecule has 4 aromatic rings. The number of non-ortho nitro benzene ring substituents is 1. The molecule has 0 unspecified atom stereocenters. The third-order valence-corrected chi connectivity index (χ3v) is 6.94. The number of hydroxylamine groups is 1. The van der Waals surface area contributed by atoms with Crippen molar-refractivity contribution in [1.82, 2.24) is 0 Å². The molecule has 2 amide bonds. The van der Waals surface area contributed by atoms with Crippen LogP contribution < -0.4 is 14.7 Å². The molecule has 0 aliphatic carbocycles. The van der Waals surface area contributed by atoms with Gasteiger partial charge in [-0.05, 0) is 60.2 Å². The van der Waals surface area contributed by atoms with Gasteiger partial charge in [-0.25, -0.2) is 19.1 Å². The number of carbonyl (C=O) groups excluding carboxylic acids is 3. The zero-order chi connectivity index (χ0) is 28.7. The molecule has 204 valence electrons. The minimum atomic E-state index is -1.23. The van der Waals surface area contributed by atoms with Crippen LogP contribution in [0.2, 0.25) is 0 Å². The van der Waals surface area contributed by atoms with E-state index in [2.05, 4.69) is 0 Å². The van der Waals surface area contributed by atoms with Crippen LogP contribution >= 0.6 is 0 Å². The van der Waals surface area contributed by atoms with Crippen molar-refractivity contribution in [1.29, 1.82) is 0 Å². The molecule has 2 heterocycles. The molecule has 0 spiro atoms. The topological polar surface area (TPSA) is 119 Å². The Morgan fingerprint density at radius 3 is 2.24 bits per heavy atom. The Balaban J connectivity index is 1.35. The Morgan fingerprint density at radius 2 is 1.56 bits per heavy atom. The number of carbonyl (C=O) groups is 3. The van der Waals surface area contributed by atoms with Gasteiger partial charge in [0.15, 0.2) is 6.10 Å². The first kappa shape index (κ1) is 25.8. The SMILES string of the molecule is O=C(Oc1ccc([C@@H]2[C@H]3C(=O)N(c4ccc(F)cc4)C(=O)[C@@H]3ON2c2cccc([N+](=O)[O-])c2)cc1)c1ccccc1. The first-order valence-electron chi connectivity index (χ1n) is 12.5. The van der Waals surface area contributed by atoms with Gasteiger partial charge in [0, 0.05) is 12.1 Å². The van der Waals surface area contributed by atoms with Crippen LogP contribution in [0.3, 0.4) is 0 Å². The van der Waals surface area contributed by atoms with Crippen molar-refractivity contribution in [3.05, 3.63) is 130 Å². The fourth-order valence-electron chi connectivity index (χ4n) is 5.04. The normalized spacial score (nSPS) is 19.8. The second-order valence-electron chi connectivity index (χ2n) is 9.41. The molecular weight excluding hydrogens is 533 g/mol. The van der Waals surface area contributed by atoms with E-state index in [-0.39, 0.29) is 22.8 Å². The molecule has 4 aromatic carbocycles. The number of nitro benzene ring substituents is 1. The molecule has 0 saturated carbocycles. The van der Waals surface area contributed by atoms with Crippen molar-refractivity contribution in [3.63, 3.8) is 0 Å². The number of anilines is 2. The number of ether oxygens (including phenoxy) is 1. The Morgan fingerprint density at radius 1 is 0.854 bits per heavy atom. The lowest BCUT2D eigenvalue weighted by atomic mass is 9.90. The highest BCUT2D eigenvalue weighted by atomic mass is 19.1. The molecule has 10 nitrogen and oxygen atoms in total. The molecule has 0 bridgehead atoms. The predicted molar refractivity (Wildman–Crippen MR) is 143 cm³/mol. The molecule has 2 aliphatic heterocycles. The van der Waals surface area contributed by atoms with Gasteiger partial charge in [-0.1, -0.05) is 36.4 Å². The highest BCUT2D eigenvalue weighted by Gasteiger charge is 2.60. The molecule has 0 radical (unpaired) electrons. The second kappa shape index (κ2) is 10.3. The molecule has 2 saturated heterocycles. The van der Waals surface area contributed by atoms with Gasteiger partial charge in [0.1, 0.15) is 17.5 Å². The summed E-state index contributed by atoms with van der Waals surface area (Å²) in [5.41, 5.74) is 1.17. The summed E-state index contributed by atoms with van der Waals surface area (Å²) in [5, 5.41) is 12.8. The number of imide groups is 1. The maximum atomic E-state index is 13.7. The van der Waals surface area contributed by atoms with Crippen LogP contribution in [-0.2, 0) is 14.4 Å². The van der Waals surface area contributed by atoms with E-state index >= 15 is 0 Å². The molecule has 3 atom stereocenters. The van der Waals surface area contributed by atoms with E-state index in [0.717, 1.165) is 17.0 Å². The Kier molecular flexibility index (Phi) is 6.48. The van der Waals surface area contributed by atoms with Crippen molar-refractivity contribution in [2.45, 2.75) is 12.1 Å². The molecular formula is C30H20FN3O7. The number of halogens is 1. The molecule has 0 N–H and O–H groups in total. The molecule has 2 fully saturated rings. The lowest BCUT2D eigenvalue weighted by molar-refractivity contribution is -0.384. The number of rotatable bonds is 6. The Labute approximate surface area is 232 Å². The summed E-state index contributed by atoms with van der Waals surface area (Å²) in [6, 6.07) is 24.6. The van der Waals surface area contributed by atoms with Crippen LogP contribution in [-0.4, -0.2) is 28.8 Å². The van der Waals surface area contributed by atoms with Gasteiger partial charge in [0.05, 0.1) is 27.9 Å². The van der Waals surface area contributed by atoms with Crippen LogP contribution in [0.1, 0.15) is 22.0 Å². The molecule has 6 rings (SSSR count). The van der Waals surface area contributed by atoms with Crippen LogP contribution in [0.4, 0.5) is 21.5 Å². The van der Waals surface area contributed by atoms with Gasteiger partial charge >= 0.3 is 5.97 Å². The number of benzene rings is 4. The number of nitro groups is 1. The van der Waals surface area contributed by atoms with Crippen LogP contribution in [0.15, 0.2) is 103 Å². The summed E-state index contributed by atoms with van der Waals surface area (Å²) in [4.78, 5) is 57.5. The number of hydrogen-bond acceptors (Lipinski definition) is 8. The third-order valence-electron chi connectivity index (χ3n) is 6.94. The summed E-state index contributed by atoms with van der Waals surface area (Å²) < 4.78 is 19.0. The van der Waals surface area contributed by atoms with Gasteiger partial charge in [0.2, 0.25) is 5.91 Å². The van der Waals surface area contributed by atoms with Gasteiger partial charge in [-0.15, -0.1) is 0 Å². The Hall–Kier alpha value is -5.42. The van der Waals surface area contributed by atoms with E-state index < -0.39 is 46.6 Å². The first-order chi connectivity index (χ1) is 19.8. The van der Waals surface area contributed by atoms with Crippen LogP contribution in [0, 0.1) is 21.8 Å². The maximum absolute atomic E-state index is 13.7. The number of fused-ring (bicyclic) bond motifs is 1. The largest absolute Gasteiger partial charge is 0.423 e. The predicted octanol–water partition coefficient (Wildman–Crippen LogP) is 5.00. The monoisotopic (exact) mass is 553 g/mol. The van der Waals surface area contributed by atoms with Gasteiger partial charge in [0.25, 0.3) is 11.6 Å².